The molecule has 2 amide bonds. The highest BCUT2D eigenvalue weighted by atomic mass is 32.1. The minimum atomic E-state index is -0.695. The molecule has 2 fully saturated rings. The molecule has 0 radical (unpaired) electrons. The second-order valence-electron chi connectivity index (χ2n) is 9.54. The maximum Gasteiger partial charge on any atom is 0.246 e. The van der Waals surface area contributed by atoms with Gasteiger partial charge in [0.25, 0.3) is 0 Å². The van der Waals surface area contributed by atoms with Gasteiger partial charge in [0.15, 0.2) is 0 Å². The lowest BCUT2D eigenvalue weighted by Gasteiger charge is -2.51. The molecule has 1 spiro atoms. The van der Waals surface area contributed by atoms with Gasteiger partial charge in [-0.1, -0.05) is 13.8 Å². The molecule has 1 unspecified atom stereocenters. The molecule has 0 saturated carbocycles. The van der Waals surface area contributed by atoms with E-state index in [2.05, 4.69) is 48.3 Å². The van der Waals surface area contributed by atoms with Crippen LogP contribution in [0.2, 0.25) is 0 Å². The van der Waals surface area contributed by atoms with Gasteiger partial charge in [-0.05, 0) is 74.1 Å². The number of nitrogens with zero attached hydrogens (tertiary/aromatic N) is 2. The Morgan fingerprint density at radius 2 is 1.82 bits per heavy atom. The lowest BCUT2D eigenvalue weighted by molar-refractivity contribution is -0.161. The molecule has 1 aromatic heterocycles. The van der Waals surface area contributed by atoms with Crippen molar-refractivity contribution in [3.05, 3.63) is 41.3 Å². The van der Waals surface area contributed by atoms with Crippen molar-refractivity contribution in [1.29, 1.82) is 0 Å². The fraction of sp³-hybridized carbons (Fsp3) is 0.538. The lowest BCUT2D eigenvalue weighted by Crippen LogP contribution is -2.72. The average molecular weight is 470 g/mol. The summed E-state index contributed by atoms with van der Waals surface area (Å²) >= 11 is 1.81. The first-order chi connectivity index (χ1) is 15.9. The monoisotopic (exact) mass is 469 g/mol. The molecule has 1 N–H and O–H groups in total. The van der Waals surface area contributed by atoms with Gasteiger partial charge in [0.1, 0.15) is 17.3 Å². The van der Waals surface area contributed by atoms with Crippen molar-refractivity contribution >= 4 is 23.2 Å². The number of likely N-dealkylation sites (N-methyl/N-ethyl adjacent to an activating group) is 1. The van der Waals surface area contributed by atoms with Gasteiger partial charge >= 0.3 is 0 Å². The van der Waals surface area contributed by atoms with Crippen LogP contribution in [0.4, 0.5) is 0 Å². The van der Waals surface area contributed by atoms with E-state index in [-0.39, 0.29) is 17.9 Å². The fourth-order valence-electron chi connectivity index (χ4n) is 5.14. The van der Waals surface area contributed by atoms with Crippen LogP contribution in [-0.2, 0) is 16.1 Å². The number of piperidine rings is 1. The van der Waals surface area contributed by atoms with Crippen LogP contribution in [0.5, 0.6) is 5.75 Å². The third-order valence-electron chi connectivity index (χ3n) is 6.93. The third kappa shape index (κ3) is 4.80. The van der Waals surface area contributed by atoms with E-state index in [1.807, 2.05) is 24.0 Å². The summed E-state index contributed by atoms with van der Waals surface area (Å²) in [4.78, 5) is 33.2. The standard InChI is InChI=1S/C26H35N3O3S/c1-5-29-24(30)22(16-18(2)3)27-25(31)26(29)12-14-28(15-13-26)17-21-10-11-23(33-21)19-6-8-20(32-4)9-7-19/h6-11,18,22H,5,12-17H2,1-4H3,(H,27,31). The topological polar surface area (TPSA) is 61.9 Å². The summed E-state index contributed by atoms with van der Waals surface area (Å²) in [6, 6.07) is 12.1. The molecule has 1 atom stereocenters. The van der Waals surface area contributed by atoms with E-state index in [0.717, 1.165) is 25.4 Å². The molecule has 178 valence electrons. The van der Waals surface area contributed by atoms with Gasteiger partial charge in [-0.3, -0.25) is 14.5 Å². The molecule has 2 aromatic rings. The minimum Gasteiger partial charge on any atom is -0.497 e. The number of nitrogens with one attached hydrogen (secondary N) is 1. The van der Waals surface area contributed by atoms with Crippen molar-refractivity contribution in [1.82, 2.24) is 15.1 Å². The number of hydrogen-bond acceptors (Lipinski definition) is 5. The van der Waals surface area contributed by atoms with Gasteiger partial charge in [-0.2, -0.15) is 0 Å². The number of piperazine rings is 1. The number of rotatable bonds is 7. The zero-order chi connectivity index (χ0) is 23.6. The van der Waals surface area contributed by atoms with Crippen molar-refractivity contribution in [3.63, 3.8) is 0 Å². The summed E-state index contributed by atoms with van der Waals surface area (Å²) in [5.41, 5.74) is 0.496. The number of thiophene rings is 1. The molecule has 2 aliphatic heterocycles. The summed E-state index contributed by atoms with van der Waals surface area (Å²) in [6.07, 6.45) is 2.06. The minimum absolute atomic E-state index is 0.0344. The van der Waals surface area contributed by atoms with Crippen molar-refractivity contribution < 1.29 is 14.3 Å². The second kappa shape index (κ2) is 9.85. The smallest absolute Gasteiger partial charge is 0.246 e. The van der Waals surface area contributed by atoms with Crippen molar-refractivity contribution in [2.45, 2.75) is 58.2 Å². The first-order valence-electron chi connectivity index (χ1n) is 11.9. The quantitative estimate of drug-likeness (QED) is 0.662. The molecular formula is C26H35N3O3S. The Morgan fingerprint density at radius 1 is 1.12 bits per heavy atom. The van der Waals surface area contributed by atoms with Gasteiger partial charge in [-0.25, -0.2) is 0 Å². The van der Waals surface area contributed by atoms with Crippen LogP contribution in [0.25, 0.3) is 10.4 Å². The molecule has 7 heteroatoms. The molecule has 4 rings (SSSR count). The van der Waals surface area contributed by atoms with Crippen LogP contribution >= 0.6 is 11.3 Å². The van der Waals surface area contributed by atoms with Gasteiger partial charge in [0.05, 0.1) is 7.11 Å². The van der Waals surface area contributed by atoms with Gasteiger partial charge in [-0.15, -0.1) is 11.3 Å². The molecule has 2 aliphatic rings. The van der Waals surface area contributed by atoms with E-state index in [0.29, 0.717) is 31.7 Å². The Labute approximate surface area is 200 Å². The molecule has 0 bridgehead atoms. The van der Waals surface area contributed by atoms with Crippen molar-refractivity contribution in [2.75, 3.05) is 26.7 Å². The molecule has 6 nitrogen and oxygen atoms in total. The number of benzene rings is 1. The number of carbonyl (C=O) groups excluding carboxylic acids is 2. The first-order valence-corrected chi connectivity index (χ1v) is 12.8. The maximum absolute atomic E-state index is 13.2. The number of carbonyl (C=O) groups is 2. The summed E-state index contributed by atoms with van der Waals surface area (Å²) in [5.74, 6) is 1.34. The molecule has 33 heavy (non-hydrogen) atoms. The number of likely N-dealkylation sites (tertiary alicyclic amines) is 1. The van der Waals surface area contributed by atoms with E-state index in [4.69, 9.17) is 4.74 Å². The van der Waals surface area contributed by atoms with E-state index in [1.54, 1.807) is 18.4 Å². The Balaban J connectivity index is 1.40. The van der Waals surface area contributed by atoms with Crippen LogP contribution in [0.1, 0.15) is 44.9 Å². The maximum atomic E-state index is 13.2. The Bertz CT molecular complexity index is 977. The lowest BCUT2D eigenvalue weighted by atomic mass is 9.81. The second-order valence-corrected chi connectivity index (χ2v) is 10.7. The van der Waals surface area contributed by atoms with Crippen LogP contribution in [0, 0.1) is 5.92 Å². The van der Waals surface area contributed by atoms with Crippen molar-refractivity contribution in [2.24, 2.45) is 5.92 Å². The highest BCUT2D eigenvalue weighted by molar-refractivity contribution is 7.15. The van der Waals surface area contributed by atoms with E-state index < -0.39 is 5.54 Å². The summed E-state index contributed by atoms with van der Waals surface area (Å²) in [5, 5.41) is 3.06. The predicted octanol–water partition coefficient (Wildman–Crippen LogP) is 4.15. The van der Waals surface area contributed by atoms with E-state index >= 15 is 0 Å². The van der Waals surface area contributed by atoms with Gasteiger partial charge < -0.3 is 15.0 Å². The van der Waals surface area contributed by atoms with Crippen LogP contribution in [-0.4, -0.2) is 59.9 Å². The van der Waals surface area contributed by atoms with Crippen LogP contribution in [0.15, 0.2) is 36.4 Å². The Hall–Kier alpha value is -2.38. The Morgan fingerprint density at radius 3 is 2.42 bits per heavy atom. The first kappa shape index (κ1) is 23.8. The van der Waals surface area contributed by atoms with E-state index in [1.165, 1.54) is 15.3 Å². The average Bonchev–Trinajstić information content (AvgIpc) is 3.27. The zero-order valence-corrected chi connectivity index (χ0v) is 20.9. The zero-order valence-electron chi connectivity index (χ0n) is 20.1. The van der Waals surface area contributed by atoms with Gasteiger partial charge in [0.2, 0.25) is 11.8 Å². The molecular weight excluding hydrogens is 434 g/mol. The normalized spacial score (nSPS) is 21.0. The number of ether oxygens (including phenoxy) is 1. The highest BCUT2D eigenvalue weighted by Gasteiger charge is 2.52. The van der Waals surface area contributed by atoms with Crippen LogP contribution in [0.3, 0.4) is 0 Å². The summed E-state index contributed by atoms with van der Waals surface area (Å²) in [6.45, 7) is 9.23. The number of methoxy groups -OCH3 is 1. The van der Waals surface area contributed by atoms with E-state index in [9.17, 15) is 9.59 Å². The molecule has 1 aromatic carbocycles. The van der Waals surface area contributed by atoms with Crippen LogP contribution < -0.4 is 10.1 Å². The fourth-order valence-corrected chi connectivity index (χ4v) is 6.19. The van der Waals surface area contributed by atoms with Crippen molar-refractivity contribution in [3.8, 4) is 16.2 Å². The molecule has 2 saturated heterocycles. The number of amides is 2. The number of hydrogen-bond donors (Lipinski definition) is 1. The summed E-state index contributed by atoms with van der Waals surface area (Å²) < 4.78 is 5.25. The van der Waals surface area contributed by atoms with Gasteiger partial charge in [0, 0.05) is 35.9 Å². The highest BCUT2D eigenvalue weighted by Crippen LogP contribution is 2.35. The SMILES string of the molecule is CCN1C(=O)C(CC(C)C)NC(=O)C12CCN(Cc1ccc(-c3ccc(OC)cc3)s1)CC2. The third-order valence-corrected chi connectivity index (χ3v) is 8.05. The molecule has 0 aliphatic carbocycles. The Kier molecular flexibility index (Phi) is 7.10. The largest absolute Gasteiger partial charge is 0.497 e. The summed E-state index contributed by atoms with van der Waals surface area (Å²) in [7, 11) is 1.68. The predicted molar refractivity (Wildman–Crippen MR) is 132 cm³/mol. The molecule has 3 heterocycles.